The fourth-order valence-corrected chi connectivity index (χ4v) is 1.64. The van der Waals surface area contributed by atoms with Crippen LogP contribution in [-0.2, 0) is 0 Å². The maximum absolute atomic E-state index is 8.75. The zero-order chi connectivity index (χ0) is 14.3. The molecule has 0 fully saturated rings. The van der Waals surface area contributed by atoms with Crippen LogP contribution in [0.1, 0.15) is 13.8 Å². The van der Waals surface area contributed by atoms with Crippen LogP contribution in [0, 0.1) is 22.7 Å². The molecule has 0 amide bonds. The minimum absolute atomic E-state index is 0.0194. The smallest absolute Gasteiger partial charge is 0.233 e. The molecule has 0 aliphatic carbocycles. The van der Waals surface area contributed by atoms with Gasteiger partial charge >= 0.3 is 0 Å². The second-order valence-corrected chi connectivity index (χ2v) is 3.89. The van der Waals surface area contributed by atoms with E-state index in [1.165, 1.54) is 4.90 Å². The summed E-state index contributed by atoms with van der Waals surface area (Å²) in [6, 6.07) is 3.93. The number of hydrogen-bond donors (Lipinski definition) is 0. The third kappa shape index (κ3) is 3.94. The zero-order valence-electron chi connectivity index (χ0n) is 10.8. The summed E-state index contributed by atoms with van der Waals surface area (Å²) in [6.45, 7) is 5.45. The van der Waals surface area contributed by atoms with Gasteiger partial charge in [0.05, 0.1) is 12.1 Å². The van der Waals surface area contributed by atoms with Gasteiger partial charge in [-0.15, -0.1) is 0 Å². The molecule has 19 heavy (non-hydrogen) atoms. The highest BCUT2D eigenvalue weighted by Crippen LogP contribution is 2.16. The van der Waals surface area contributed by atoms with Crippen molar-refractivity contribution in [2.75, 3.05) is 36.0 Å². The third-order valence-corrected chi connectivity index (χ3v) is 2.61. The Morgan fingerprint density at radius 3 is 1.84 bits per heavy atom. The van der Waals surface area contributed by atoms with Crippen LogP contribution in [0.5, 0.6) is 0 Å². The highest BCUT2D eigenvalue weighted by Gasteiger charge is 2.15. The van der Waals surface area contributed by atoms with Gasteiger partial charge in [0.15, 0.2) is 0 Å². The van der Waals surface area contributed by atoms with Crippen LogP contribution in [0.15, 0.2) is 0 Å². The summed E-state index contributed by atoms with van der Waals surface area (Å²) in [5.74, 6) is 0.686. The quantitative estimate of drug-likeness (QED) is 0.723. The number of hydrogen-bond acceptors (Lipinski definition) is 7. The van der Waals surface area contributed by atoms with Crippen molar-refractivity contribution >= 4 is 23.5 Å². The molecule has 0 aliphatic rings. The molecule has 1 aromatic heterocycles. The summed E-state index contributed by atoms with van der Waals surface area (Å²) < 4.78 is 0. The average Bonchev–Trinajstić information content (AvgIpc) is 2.39. The number of rotatable bonds is 6. The minimum Gasteiger partial charge on any atom is -0.341 e. The van der Waals surface area contributed by atoms with Crippen molar-refractivity contribution < 1.29 is 0 Å². The summed E-state index contributed by atoms with van der Waals surface area (Å²) in [7, 11) is 0. The van der Waals surface area contributed by atoms with Gasteiger partial charge in [0, 0.05) is 13.1 Å². The fourth-order valence-electron chi connectivity index (χ4n) is 1.49. The Kier molecular flexibility index (Phi) is 5.77. The lowest BCUT2D eigenvalue weighted by Gasteiger charge is -2.21. The van der Waals surface area contributed by atoms with Crippen LogP contribution >= 0.6 is 11.6 Å². The van der Waals surface area contributed by atoms with Crippen molar-refractivity contribution in [2.24, 2.45) is 0 Å². The van der Waals surface area contributed by atoms with E-state index in [1.54, 1.807) is 0 Å². The van der Waals surface area contributed by atoms with Crippen molar-refractivity contribution in [3.63, 3.8) is 0 Å². The van der Waals surface area contributed by atoms with E-state index in [0.717, 1.165) is 13.1 Å². The maximum atomic E-state index is 8.75. The molecule has 0 aliphatic heterocycles. The molecule has 1 aromatic rings. The lowest BCUT2D eigenvalue weighted by Crippen LogP contribution is -2.29. The molecule has 0 N–H and O–H groups in total. The van der Waals surface area contributed by atoms with Crippen molar-refractivity contribution in [1.29, 1.82) is 10.5 Å². The summed E-state index contributed by atoms with van der Waals surface area (Å²) >= 11 is 5.87. The molecule has 0 unspecified atom stereocenters. The molecule has 0 saturated heterocycles. The standard InChI is InChI=1S/C11H14ClN7/c1-3-18(4-2)10-15-9(12)16-11(17-10)19(7-5-13)8-6-14/h3-4,7-8H2,1-2H3. The first-order chi connectivity index (χ1) is 9.15. The summed E-state index contributed by atoms with van der Waals surface area (Å²) in [5.41, 5.74) is 0. The van der Waals surface area contributed by atoms with E-state index in [4.69, 9.17) is 22.1 Å². The van der Waals surface area contributed by atoms with Crippen LogP contribution < -0.4 is 9.80 Å². The van der Waals surface area contributed by atoms with E-state index in [0.29, 0.717) is 5.95 Å². The van der Waals surface area contributed by atoms with Gasteiger partial charge < -0.3 is 9.80 Å². The minimum atomic E-state index is 0.0194. The largest absolute Gasteiger partial charge is 0.341 e. The second kappa shape index (κ2) is 7.34. The molecule has 8 heteroatoms. The topological polar surface area (TPSA) is 92.7 Å². The second-order valence-electron chi connectivity index (χ2n) is 3.55. The Bertz CT molecular complexity index is 485. The molecule has 0 spiro atoms. The summed E-state index contributed by atoms with van der Waals surface area (Å²) in [6.07, 6.45) is 0. The first-order valence-electron chi connectivity index (χ1n) is 5.81. The average molecular weight is 280 g/mol. The number of halogens is 1. The first-order valence-corrected chi connectivity index (χ1v) is 6.19. The summed E-state index contributed by atoms with van der Waals surface area (Å²) in [5, 5.41) is 17.5. The SMILES string of the molecule is CCN(CC)c1nc(Cl)nc(N(CC#N)CC#N)n1. The highest BCUT2D eigenvalue weighted by molar-refractivity contribution is 6.28. The molecule has 1 heterocycles. The predicted octanol–water partition coefficient (Wildman–Crippen LogP) is 1.22. The monoisotopic (exact) mass is 279 g/mol. The van der Waals surface area contributed by atoms with Crippen LogP contribution in [-0.4, -0.2) is 41.1 Å². The van der Waals surface area contributed by atoms with Crippen LogP contribution in [0.3, 0.4) is 0 Å². The van der Waals surface area contributed by atoms with Gasteiger partial charge in [-0.2, -0.15) is 25.5 Å². The maximum Gasteiger partial charge on any atom is 0.233 e. The van der Waals surface area contributed by atoms with E-state index >= 15 is 0 Å². The van der Waals surface area contributed by atoms with Gasteiger partial charge in [-0.25, -0.2) is 0 Å². The van der Waals surface area contributed by atoms with Gasteiger partial charge in [-0.1, -0.05) is 0 Å². The van der Waals surface area contributed by atoms with Crippen LogP contribution in [0.25, 0.3) is 0 Å². The summed E-state index contributed by atoms with van der Waals surface area (Å²) in [4.78, 5) is 15.6. The van der Waals surface area contributed by atoms with Crippen LogP contribution in [0.2, 0.25) is 5.28 Å². The Labute approximate surface area is 117 Å². The fraction of sp³-hybridized carbons (Fsp3) is 0.545. The predicted molar refractivity (Wildman–Crippen MR) is 71.8 cm³/mol. The van der Waals surface area contributed by atoms with Crippen molar-refractivity contribution in [1.82, 2.24) is 15.0 Å². The Hall–Kier alpha value is -2.12. The highest BCUT2D eigenvalue weighted by atomic mass is 35.5. The lowest BCUT2D eigenvalue weighted by atomic mass is 10.5. The molecule has 0 radical (unpaired) electrons. The molecule has 7 nitrogen and oxygen atoms in total. The first kappa shape index (κ1) is 14.9. The van der Waals surface area contributed by atoms with Crippen LogP contribution in [0.4, 0.5) is 11.9 Å². The molecular weight excluding hydrogens is 266 g/mol. The normalized spacial score (nSPS) is 9.53. The Balaban J connectivity index is 3.14. The zero-order valence-corrected chi connectivity index (χ0v) is 11.6. The Morgan fingerprint density at radius 2 is 1.42 bits per heavy atom. The molecule has 1 rings (SSSR count). The van der Waals surface area contributed by atoms with Gasteiger partial charge in [0.1, 0.15) is 13.1 Å². The number of anilines is 2. The molecule has 0 saturated carbocycles. The molecule has 100 valence electrons. The van der Waals surface area contributed by atoms with Gasteiger partial charge in [-0.05, 0) is 25.4 Å². The van der Waals surface area contributed by atoms with E-state index in [9.17, 15) is 0 Å². The van der Waals surface area contributed by atoms with Crippen molar-refractivity contribution in [3.05, 3.63) is 5.28 Å². The number of aromatic nitrogens is 3. The number of nitrogens with zero attached hydrogens (tertiary/aromatic N) is 7. The van der Waals surface area contributed by atoms with Gasteiger partial charge in [0.2, 0.25) is 17.2 Å². The molecule has 0 bridgehead atoms. The van der Waals surface area contributed by atoms with Crippen molar-refractivity contribution in [2.45, 2.75) is 13.8 Å². The molecule has 0 aromatic carbocycles. The van der Waals surface area contributed by atoms with E-state index in [1.807, 2.05) is 30.9 Å². The van der Waals surface area contributed by atoms with Crippen molar-refractivity contribution in [3.8, 4) is 12.1 Å². The number of nitriles is 2. The lowest BCUT2D eigenvalue weighted by molar-refractivity contribution is 0.796. The van der Waals surface area contributed by atoms with Gasteiger partial charge in [-0.3, -0.25) is 0 Å². The molecule has 0 atom stereocenters. The van der Waals surface area contributed by atoms with E-state index < -0.39 is 0 Å². The van der Waals surface area contributed by atoms with E-state index in [-0.39, 0.29) is 24.3 Å². The van der Waals surface area contributed by atoms with E-state index in [2.05, 4.69) is 15.0 Å². The third-order valence-electron chi connectivity index (χ3n) is 2.44. The van der Waals surface area contributed by atoms with Gasteiger partial charge in [0.25, 0.3) is 0 Å². The Morgan fingerprint density at radius 1 is 0.947 bits per heavy atom. The molecular formula is C11H14ClN7.